The van der Waals surface area contributed by atoms with Gasteiger partial charge in [-0.15, -0.1) is 0 Å². The number of rotatable bonds is 15. The Bertz CT molecular complexity index is 735. The Kier molecular flexibility index (Phi) is 11.9. The summed E-state index contributed by atoms with van der Waals surface area (Å²) >= 11 is 0. The van der Waals surface area contributed by atoms with Crippen molar-refractivity contribution in [3.63, 3.8) is 0 Å². The first-order chi connectivity index (χ1) is 16.2. The molecule has 0 aromatic rings. The van der Waals surface area contributed by atoms with Crippen LogP contribution in [0.4, 0.5) is 0 Å². The number of ketones is 2. The molecule has 2 aliphatic carbocycles. The molecule has 8 nitrogen and oxygen atoms in total. The average Bonchev–Trinajstić information content (AvgIpc) is 3.36. The smallest absolute Gasteiger partial charge is 0.322 e. The van der Waals surface area contributed by atoms with E-state index in [4.69, 9.17) is 5.11 Å². The van der Waals surface area contributed by atoms with Gasteiger partial charge in [0.2, 0.25) is 5.91 Å². The van der Waals surface area contributed by atoms with Crippen LogP contribution in [0.3, 0.4) is 0 Å². The molecule has 0 aromatic carbocycles. The van der Waals surface area contributed by atoms with E-state index in [1.165, 1.54) is 19.3 Å². The Morgan fingerprint density at radius 1 is 1.15 bits per heavy atom. The maximum absolute atomic E-state index is 12.4. The highest BCUT2D eigenvalue weighted by Crippen LogP contribution is 2.38. The maximum atomic E-state index is 12.4. The number of hydrogen-bond donors (Lipinski definition) is 4. The van der Waals surface area contributed by atoms with Gasteiger partial charge in [-0.2, -0.15) is 0 Å². The number of amides is 1. The quantitative estimate of drug-likeness (QED) is 0.209. The van der Waals surface area contributed by atoms with E-state index in [1.54, 1.807) is 12.2 Å². The standard InChI is InChI=1S/C26H41NO7/c1-2-3-6-17-9-10-18(13-17)22(29)12-11-20-21(24(31)15-23(20)30)14-19(28)7-4-5-8-25(32)27-16-26(33)34/h11-12,17-18,20-23,29-30H,2-10,13-16H2,1H3,(H,27,32)(H,33,34)/b12-11+/t17-,18-,20+,21+,22-,23+/m0/s1. The monoisotopic (exact) mass is 479 g/mol. The van der Waals surface area contributed by atoms with Crippen LogP contribution in [-0.2, 0) is 19.2 Å². The van der Waals surface area contributed by atoms with Crippen molar-refractivity contribution in [1.82, 2.24) is 5.32 Å². The number of carboxylic acids is 1. The lowest BCUT2D eigenvalue weighted by atomic mass is 9.87. The molecular formula is C26H41NO7. The zero-order chi connectivity index (χ0) is 25.1. The number of carboxylic acid groups (broad SMARTS) is 1. The van der Waals surface area contributed by atoms with Crippen molar-refractivity contribution in [2.75, 3.05) is 6.54 Å². The zero-order valence-corrected chi connectivity index (χ0v) is 20.3. The largest absolute Gasteiger partial charge is 0.480 e. The van der Waals surface area contributed by atoms with E-state index in [1.807, 2.05) is 0 Å². The van der Waals surface area contributed by atoms with Gasteiger partial charge in [-0.05, 0) is 37.5 Å². The van der Waals surface area contributed by atoms with E-state index < -0.39 is 36.6 Å². The molecule has 6 atom stereocenters. The van der Waals surface area contributed by atoms with E-state index in [0.29, 0.717) is 18.8 Å². The highest BCUT2D eigenvalue weighted by Gasteiger charge is 2.41. The predicted octanol–water partition coefficient (Wildman–Crippen LogP) is 2.80. The third-order valence-corrected chi connectivity index (χ3v) is 7.29. The third-order valence-electron chi connectivity index (χ3n) is 7.29. The number of unbranched alkanes of at least 4 members (excludes halogenated alkanes) is 2. The fraction of sp³-hybridized carbons (Fsp3) is 0.769. The SMILES string of the molecule is CCCC[C@H]1CC[C@H]([C@@H](O)/C=C/[C@H]2[C@H](O)CC(=O)[C@@H]2CC(=O)CCCCC(=O)NCC(=O)O)C1. The molecule has 192 valence electrons. The zero-order valence-electron chi connectivity index (χ0n) is 20.3. The minimum atomic E-state index is -1.11. The van der Waals surface area contributed by atoms with Gasteiger partial charge < -0.3 is 20.6 Å². The molecule has 2 aliphatic rings. The number of Topliss-reactive ketones (excluding diaryl/α,β-unsaturated/α-hetero) is 2. The van der Waals surface area contributed by atoms with Crippen molar-refractivity contribution in [2.45, 2.75) is 96.2 Å². The Morgan fingerprint density at radius 3 is 2.59 bits per heavy atom. The first-order valence-corrected chi connectivity index (χ1v) is 12.8. The second kappa shape index (κ2) is 14.4. The Labute approximate surface area is 202 Å². The molecule has 0 heterocycles. The second-order valence-electron chi connectivity index (χ2n) is 10.00. The molecule has 0 unspecified atom stereocenters. The molecule has 0 radical (unpaired) electrons. The highest BCUT2D eigenvalue weighted by molar-refractivity contribution is 5.90. The van der Waals surface area contributed by atoms with Gasteiger partial charge in [-0.3, -0.25) is 19.2 Å². The summed E-state index contributed by atoms with van der Waals surface area (Å²) in [6.07, 6.45) is 10.1. The van der Waals surface area contributed by atoms with Gasteiger partial charge in [0.1, 0.15) is 18.1 Å². The van der Waals surface area contributed by atoms with Crippen molar-refractivity contribution in [2.24, 2.45) is 23.7 Å². The van der Waals surface area contributed by atoms with Crippen LogP contribution >= 0.6 is 0 Å². The van der Waals surface area contributed by atoms with Crippen LogP contribution in [0.1, 0.15) is 84.0 Å². The molecule has 8 heteroatoms. The van der Waals surface area contributed by atoms with Crippen molar-refractivity contribution < 1.29 is 34.5 Å². The highest BCUT2D eigenvalue weighted by atomic mass is 16.4. The summed E-state index contributed by atoms with van der Waals surface area (Å²) in [6, 6.07) is 0. The van der Waals surface area contributed by atoms with Gasteiger partial charge in [-0.1, -0.05) is 44.8 Å². The van der Waals surface area contributed by atoms with Crippen LogP contribution in [-0.4, -0.2) is 57.5 Å². The normalized spacial score (nSPS) is 27.9. The summed E-state index contributed by atoms with van der Waals surface area (Å²) < 4.78 is 0. The van der Waals surface area contributed by atoms with Crippen molar-refractivity contribution >= 4 is 23.4 Å². The van der Waals surface area contributed by atoms with Crippen molar-refractivity contribution in [1.29, 1.82) is 0 Å². The lowest BCUT2D eigenvalue weighted by molar-refractivity contribution is -0.138. The topological polar surface area (TPSA) is 141 Å². The minimum absolute atomic E-state index is 0.0231. The molecule has 2 saturated carbocycles. The van der Waals surface area contributed by atoms with Gasteiger partial charge in [0, 0.05) is 37.5 Å². The van der Waals surface area contributed by atoms with E-state index in [0.717, 1.165) is 19.3 Å². The number of aliphatic carboxylic acids is 1. The summed E-state index contributed by atoms with van der Waals surface area (Å²) in [5, 5.41) is 31.8. The predicted molar refractivity (Wildman–Crippen MR) is 127 cm³/mol. The number of nitrogens with one attached hydrogen (secondary N) is 1. The molecule has 34 heavy (non-hydrogen) atoms. The number of carbonyl (C=O) groups excluding carboxylic acids is 3. The van der Waals surface area contributed by atoms with Crippen LogP contribution in [0.15, 0.2) is 12.2 Å². The number of carbonyl (C=O) groups is 4. The number of aliphatic hydroxyl groups excluding tert-OH is 2. The third kappa shape index (κ3) is 9.29. The summed E-state index contributed by atoms with van der Waals surface area (Å²) in [4.78, 5) is 46.8. The fourth-order valence-corrected chi connectivity index (χ4v) is 5.28. The van der Waals surface area contributed by atoms with Crippen LogP contribution in [0.5, 0.6) is 0 Å². The summed E-state index contributed by atoms with van der Waals surface area (Å²) in [5.74, 6) is -1.86. The summed E-state index contributed by atoms with van der Waals surface area (Å²) in [5.41, 5.74) is 0. The Balaban J connectivity index is 1.78. The lowest BCUT2D eigenvalue weighted by Crippen LogP contribution is -2.28. The molecule has 1 amide bonds. The van der Waals surface area contributed by atoms with E-state index >= 15 is 0 Å². The van der Waals surface area contributed by atoms with E-state index in [9.17, 15) is 29.4 Å². The van der Waals surface area contributed by atoms with Gasteiger partial charge in [0.15, 0.2) is 0 Å². The number of hydrogen-bond acceptors (Lipinski definition) is 6. The van der Waals surface area contributed by atoms with E-state index in [-0.39, 0.29) is 49.1 Å². The number of aliphatic hydroxyl groups is 2. The molecule has 4 N–H and O–H groups in total. The van der Waals surface area contributed by atoms with E-state index in [2.05, 4.69) is 12.2 Å². The molecular weight excluding hydrogens is 438 g/mol. The van der Waals surface area contributed by atoms with Crippen LogP contribution < -0.4 is 5.32 Å². The van der Waals surface area contributed by atoms with Crippen molar-refractivity contribution in [3.8, 4) is 0 Å². The van der Waals surface area contributed by atoms with Gasteiger partial charge in [-0.25, -0.2) is 0 Å². The molecule has 2 rings (SSSR count). The molecule has 0 bridgehead atoms. The van der Waals surface area contributed by atoms with Crippen molar-refractivity contribution in [3.05, 3.63) is 12.2 Å². The summed E-state index contributed by atoms with van der Waals surface area (Å²) in [7, 11) is 0. The molecule has 0 aromatic heterocycles. The molecule has 0 saturated heterocycles. The van der Waals surface area contributed by atoms with Gasteiger partial charge in [0.25, 0.3) is 0 Å². The van der Waals surface area contributed by atoms with Gasteiger partial charge >= 0.3 is 5.97 Å². The molecule has 0 aliphatic heterocycles. The molecule has 0 spiro atoms. The molecule has 2 fully saturated rings. The Morgan fingerprint density at radius 2 is 1.88 bits per heavy atom. The first kappa shape index (κ1) is 28.2. The average molecular weight is 480 g/mol. The van der Waals surface area contributed by atoms with Crippen LogP contribution in [0.25, 0.3) is 0 Å². The lowest BCUT2D eigenvalue weighted by Gasteiger charge is -2.19. The summed E-state index contributed by atoms with van der Waals surface area (Å²) in [6.45, 7) is 1.76. The van der Waals surface area contributed by atoms with Gasteiger partial charge in [0.05, 0.1) is 12.2 Å². The van der Waals surface area contributed by atoms with Crippen LogP contribution in [0.2, 0.25) is 0 Å². The Hall–Kier alpha value is -2.06. The maximum Gasteiger partial charge on any atom is 0.322 e. The fourth-order valence-electron chi connectivity index (χ4n) is 5.28. The first-order valence-electron chi connectivity index (χ1n) is 12.8. The second-order valence-corrected chi connectivity index (χ2v) is 10.00. The van der Waals surface area contributed by atoms with Crippen LogP contribution in [0, 0.1) is 23.7 Å². The minimum Gasteiger partial charge on any atom is -0.480 e.